The Bertz CT molecular complexity index is 430. The van der Waals surface area contributed by atoms with E-state index >= 15 is 0 Å². The summed E-state index contributed by atoms with van der Waals surface area (Å²) in [5.74, 6) is 0.939. The third-order valence-electron chi connectivity index (χ3n) is 3.25. The SMILES string of the molecule is COc1ccccc1CC(C)NC(=O)CNC1CC1. The lowest BCUT2D eigenvalue weighted by Gasteiger charge is -2.16. The van der Waals surface area contributed by atoms with E-state index in [1.165, 1.54) is 12.8 Å². The van der Waals surface area contributed by atoms with Gasteiger partial charge in [0, 0.05) is 12.1 Å². The summed E-state index contributed by atoms with van der Waals surface area (Å²) in [6.07, 6.45) is 3.17. The number of methoxy groups -OCH3 is 1. The average Bonchev–Trinajstić information content (AvgIpc) is 3.21. The second-order valence-electron chi connectivity index (χ2n) is 5.14. The Hall–Kier alpha value is -1.55. The zero-order chi connectivity index (χ0) is 13.7. The summed E-state index contributed by atoms with van der Waals surface area (Å²) in [6.45, 7) is 2.43. The van der Waals surface area contributed by atoms with E-state index < -0.39 is 0 Å². The van der Waals surface area contributed by atoms with E-state index in [0.29, 0.717) is 12.6 Å². The molecule has 0 saturated heterocycles. The van der Waals surface area contributed by atoms with Crippen LogP contribution in [-0.2, 0) is 11.2 Å². The molecule has 1 aromatic carbocycles. The molecule has 4 nitrogen and oxygen atoms in total. The molecule has 0 bridgehead atoms. The van der Waals surface area contributed by atoms with Gasteiger partial charge >= 0.3 is 0 Å². The molecule has 1 atom stereocenters. The molecule has 104 valence electrons. The fraction of sp³-hybridized carbons (Fsp3) is 0.533. The van der Waals surface area contributed by atoms with E-state index in [-0.39, 0.29) is 11.9 Å². The van der Waals surface area contributed by atoms with E-state index in [9.17, 15) is 4.79 Å². The van der Waals surface area contributed by atoms with Crippen molar-refractivity contribution in [2.75, 3.05) is 13.7 Å². The Morgan fingerprint density at radius 2 is 2.16 bits per heavy atom. The van der Waals surface area contributed by atoms with Crippen molar-refractivity contribution in [1.29, 1.82) is 0 Å². The van der Waals surface area contributed by atoms with Gasteiger partial charge in [0.05, 0.1) is 13.7 Å². The van der Waals surface area contributed by atoms with Crippen LogP contribution in [-0.4, -0.2) is 31.6 Å². The third-order valence-corrected chi connectivity index (χ3v) is 3.25. The van der Waals surface area contributed by atoms with Crippen molar-refractivity contribution < 1.29 is 9.53 Å². The standard InChI is InChI=1S/C15H22N2O2/c1-11(17-15(18)10-16-13-7-8-13)9-12-5-3-4-6-14(12)19-2/h3-6,11,13,16H,7-10H2,1-2H3,(H,17,18). The Morgan fingerprint density at radius 1 is 1.42 bits per heavy atom. The lowest BCUT2D eigenvalue weighted by Crippen LogP contribution is -2.40. The highest BCUT2D eigenvalue weighted by molar-refractivity contribution is 5.78. The normalized spacial score (nSPS) is 15.9. The van der Waals surface area contributed by atoms with Crippen LogP contribution in [0.4, 0.5) is 0 Å². The fourth-order valence-electron chi connectivity index (χ4n) is 2.10. The molecule has 0 spiro atoms. The van der Waals surface area contributed by atoms with Crippen LogP contribution < -0.4 is 15.4 Å². The molecule has 1 aromatic rings. The van der Waals surface area contributed by atoms with Crippen LogP contribution in [0.1, 0.15) is 25.3 Å². The molecule has 0 aromatic heterocycles. The van der Waals surface area contributed by atoms with Gasteiger partial charge in [-0.2, -0.15) is 0 Å². The summed E-state index contributed by atoms with van der Waals surface area (Å²) < 4.78 is 5.31. The minimum absolute atomic E-state index is 0.0642. The van der Waals surface area contributed by atoms with Crippen molar-refractivity contribution in [2.24, 2.45) is 0 Å². The molecule has 2 rings (SSSR count). The highest BCUT2D eigenvalue weighted by atomic mass is 16.5. The predicted octanol–water partition coefficient (Wildman–Crippen LogP) is 1.49. The highest BCUT2D eigenvalue weighted by Crippen LogP contribution is 2.19. The monoisotopic (exact) mass is 262 g/mol. The largest absolute Gasteiger partial charge is 0.496 e. The number of hydrogen-bond donors (Lipinski definition) is 2. The van der Waals surface area contributed by atoms with Crippen LogP contribution in [0, 0.1) is 0 Å². The van der Waals surface area contributed by atoms with E-state index in [0.717, 1.165) is 17.7 Å². The first-order valence-corrected chi connectivity index (χ1v) is 6.83. The van der Waals surface area contributed by atoms with Gasteiger partial charge in [0.2, 0.25) is 5.91 Å². The molecule has 0 aliphatic heterocycles. The Labute approximate surface area is 114 Å². The van der Waals surface area contributed by atoms with Crippen molar-refractivity contribution >= 4 is 5.91 Å². The number of rotatable bonds is 7. The molecule has 19 heavy (non-hydrogen) atoms. The number of hydrogen-bond acceptors (Lipinski definition) is 3. The molecule has 0 heterocycles. The molecule has 1 saturated carbocycles. The molecule has 1 unspecified atom stereocenters. The van der Waals surface area contributed by atoms with Crippen molar-refractivity contribution in [3.63, 3.8) is 0 Å². The lowest BCUT2D eigenvalue weighted by atomic mass is 10.1. The van der Waals surface area contributed by atoms with Gasteiger partial charge in [-0.3, -0.25) is 4.79 Å². The third kappa shape index (κ3) is 4.56. The van der Waals surface area contributed by atoms with Crippen LogP contribution in [0.5, 0.6) is 5.75 Å². The summed E-state index contributed by atoms with van der Waals surface area (Å²) in [4.78, 5) is 11.7. The number of nitrogens with one attached hydrogen (secondary N) is 2. The first-order valence-electron chi connectivity index (χ1n) is 6.83. The zero-order valence-electron chi connectivity index (χ0n) is 11.6. The molecule has 1 aliphatic carbocycles. The summed E-state index contributed by atoms with van der Waals surface area (Å²) in [6, 6.07) is 8.58. The Kier molecular flexibility index (Phi) is 4.80. The zero-order valence-corrected chi connectivity index (χ0v) is 11.6. The Balaban J connectivity index is 1.78. The number of ether oxygens (including phenoxy) is 1. The molecule has 4 heteroatoms. The van der Waals surface area contributed by atoms with Crippen molar-refractivity contribution in [1.82, 2.24) is 10.6 Å². The van der Waals surface area contributed by atoms with Crippen LogP contribution >= 0.6 is 0 Å². The van der Waals surface area contributed by atoms with Gasteiger partial charge in [0.25, 0.3) is 0 Å². The van der Waals surface area contributed by atoms with Gasteiger partial charge in [0.15, 0.2) is 0 Å². The number of benzene rings is 1. The minimum Gasteiger partial charge on any atom is -0.496 e. The van der Waals surface area contributed by atoms with Gasteiger partial charge < -0.3 is 15.4 Å². The van der Waals surface area contributed by atoms with Gasteiger partial charge in [-0.05, 0) is 37.8 Å². The summed E-state index contributed by atoms with van der Waals surface area (Å²) in [5.41, 5.74) is 1.12. The molecular formula is C15H22N2O2. The van der Waals surface area contributed by atoms with Crippen LogP contribution in [0.2, 0.25) is 0 Å². The fourth-order valence-corrected chi connectivity index (χ4v) is 2.10. The highest BCUT2D eigenvalue weighted by Gasteiger charge is 2.21. The van der Waals surface area contributed by atoms with E-state index in [1.54, 1.807) is 7.11 Å². The van der Waals surface area contributed by atoms with Gasteiger partial charge in [-0.1, -0.05) is 18.2 Å². The maximum atomic E-state index is 11.7. The smallest absolute Gasteiger partial charge is 0.234 e. The molecule has 1 aliphatic rings. The summed E-state index contributed by atoms with van der Waals surface area (Å²) in [5, 5.41) is 6.22. The maximum Gasteiger partial charge on any atom is 0.234 e. The summed E-state index contributed by atoms with van der Waals surface area (Å²) in [7, 11) is 1.67. The molecule has 1 amide bonds. The van der Waals surface area contributed by atoms with Crippen molar-refractivity contribution in [3.8, 4) is 5.75 Å². The number of carbonyl (C=O) groups excluding carboxylic acids is 1. The molecule has 1 fully saturated rings. The second kappa shape index (κ2) is 6.57. The predicted molar refractivity (Wildman–Crippen MR) is 75.3 cm³/mol. The van der Waals surface area contributed by atoms with E-state index in [4.69, 9.17) is 4.74 Å². The number of para-hydroxylation sites is 1. The van der Waals surface area contributed by atoms with E-state index in [2.05, 4.69) is 10.6 Å². The average molecular weight is 262 g/mol. The van der Waals surface area contributed by atoms with Crippen LogP contribution in [0.3, 0.4) is 0 Å². The Morgan fingerprint density at radius 3 is 2.84 bits per heavy atom. The second-order valence-corrected chi connectivity index (χ2v) is 5.14. The van der Waals surface area contributed by atoms with Crippen molar-refractivity contribution in [3.05, 3.63) is 29.8 Å². The first kappa shape index (κ1) is 13.9. The number of amides is 1. The molecule has 0 radical (unpaired) electrons. The van der Waals surface area contributed by atoms with Crippen LogP contribution in [0.25, 0.3) is 0 Å². The molecular weight excluding hydrogens is 240 g/mol. The first-order chi connectivity index (χ1) is 9.19. The van der Waals surface area contributed by atoms with Crippen molar-refractivity contribution in [2.45, 2.75) is 38.3 Å². The lowest BCUT2D eigenvalue weighted by molar-refractivity contribution is -0.120. The van der Waals surface area contributed by atoms with Gasteiger partial charge in [0.1, 0.15) is 5.75 Å². The maximum absolute atomic E-state index is 11.7. The topological polar surface area (TPSA) is 50.4 Å². The summed E-state index contributed by atoms with van der Waals surface area (Å²) >= 11 is 0. The quantitative estimate of drug-likeness (QED) is 0.783. The number of carbonyl (C=O) groups is 1. The van der Waals surface area contributed by atoms with Gasteiger partial charge in [-0.15, -0.1) is 0 Å². The van der Waals surface area contributed by atoms with E-state index in [1.807, 2.05) is 31.2 Å². The van der Waals surface area contributed by atoms with Crippen LogP contribution in [0.15, 0.2) is 24.3 Å². The minimum atomic E-state index is 0.0642. The molecule has 2 N–H and O–H groups in total. The van der Waals surface area contributed by atoms with Gasteiger partial charge in [-0.25, -0.2) is 0 Å².